The first kappa shape index (κ1) is 12.3. The number of hydrogen-bond acceptors (Lipinski definition) is 4. The Labute approximate surface area is 122 Å². The van der Waals surface area contributed by atoms with Crippen molar-refractivity contribution in [2.75, 3.05) is 0 Å². The number of benzene rings is 2. The zero-order chi connectivity index (χ0) is 14.2. The molecule has 0 spiro atoms. The summed E-state index contributed by atoms with van der Waals surface area (Å²) in [5, 5.41) is 0. The SMILES string of the molecule is O=C1C[C@H]2c3c(OCc4ccccc4)cccc3O[C@H]2O1. The molecule has 2 aromatic carbocycles. The van der Waals surface area contributed by atoms with Crippen molar-refractivity contribution >= 4 is 5.97 Å². The minimum absolute atomic E-state index is 0.0560. The molecule has 2 atom stereocenters. The van der Waals surface area contributed by atoms with E-state index in [2.05, 4.69) is 0 Å². The van der Waals surface area contributed by atoms with Gasteiger partial charge in [-0.2, -0.15) is 0 Å². The molecule has 1 fully saturated rings. The lowest BCUT2D eigenvalue weighted by Crippen LogP contribution is -2.14. The topological polar surface area (TPSA) is 44.8 Å². The fourth-order valence-corrected chi connectivity index (χ4v) is 2.86. The third-order valence-electron chi connectivity index (χ3n) is 3.84. The number of carbonyl (C=O) groups excluding carboxylic acids is 1. The summed E-state index contributed by atoms with van der Waals surface area (Å²) in [6.45, 7) is 0.490. The molecule has 4 nitrogen and oxygen atoms in total. The molecule has 2 heterocycles. The molecule has 0 saturated carbocycles. The van der Waals surface area contributed by atoms with E-state index in [1.54, 1.807) is 0 Å². The van der Waals surface area contributed by atoms with Crippen molar-refractivity contribution in [2.45, 2.75) is 25.2 Å². The van der Waals surface area contributed by atoms with Gasteiger partial charge in [0, 0.05) is 5.56 Å². The van der Waals surface area contributed by atoms with E-state index in [4.69, 9.17) is 14.2 Å². The molecule has 0 aromatic heterocycles. The lowest BCUT2D eigenvalue weighted by molar-refractivity contribution is -0.150. The van der Waals surface area contributed by atoms with Crippen LogP contribution in [0.25, 0.3) is 0 Å². The van der Waals surface area contributed by atoms with Crippen molar-refractivity contribution < 1.29 is 19.0 Å². The highest BCUT2D eigenvalue weighted by Gasteiger charge is 2.45. The zero-order valence-corrected chi connectivity index (χ0v) is 11.3. The normalized spacial score (nSPS) is 22.2. The molecule has 4 rings (SSSR count). The molecule has 1 saturated heterocycles. The summed E-state index contributed by atoms with van der Waals surface area (Å²) >= 11 is 0. The van der Waals surface area contributed by atoms with Gasteiger partial charge in [-0.05, 0) is 17.7 Å². The van der Waals surface area contributed by atoms with E-state index >= 15 is 0 Å². The Morgan fingerprint density at radius 1 is 1.05 bits per heavy atom. The summed E-state index contributed by atoms with van der Waals surface area (Å²) in [7, 11) is 0. The van der Waals surface area contributed by atoms with Gasteiger partial charge in [0.25, 0.3) is 6.29 Å². The van der Waals surface area contributed by atoms with E-state index in [-0.39, 0.29) is 11.9 Å². The Bertz CT molecular complexity index is 680. The second kappa shape index (κ2) is 4.81. The van der Waals surface area contributed by atoms with E-state index in [9.17, 15) is 4.79 Å². The van der Waals surface area contributed by atoms with E-state index in [1.807, 2.05) is 48.5 Å². The van der Waals surface area contributed by atoms with Gasteiger partial charge in [0.2, 0.25) is 0 Å². The van der Waals surface area contributed by atoms with Crippen LogP contribution in [0.1, 0.15) is 23.5 Å². The maximum Gasteiger partial charge on any atom is 0.309 e. The minimum Gasteiger partial charge on any atom is -0.488 e. The summed E-state index contributed by atoms with van der Waals surface area (Å²) < 4.78 is 16.8. The third kappa shape index (κ3) is 2.13. The van der Waals surface area contributed by atoms with Gasteiger partial charge in [-0.1, -0.05) is 36.4 Å². The summed E-state index contributed by atoms with van der Waals surface area (Å²) in [5.41, 5.74) is 2.05. The van der Waals surface area contributed by atoms with Crippen LogP contribution in [0.4, 0.5) is 0 Å². The fraction of sp³-hybridized carbons (Fsp3) is 0.235. The van der Waals surface area contributed by atoms with Crippen molar-refractivity contribution in [3.63, 3.8) is 0 Å². The average Bonchev–Trinajstić information content (AvgIpc) is 3.02. The van der Waals surface area contributed by atoms with Gasteiger partial charge >= 0.3 is 5.97 Å². The minimum atomic E-state index is -0.492. The molecule has 21 heavy (non-hydrogen) atoms. The average molecular weight is 282 g/mol. The molecule has 106 valence electrons. The van der Waals surface area contributed by atoms with E-state index in [0.29, 0.717) is 13.0 Å². The maximum absolute atomic E-state index is 11.4. The van der Waals surface area contributed by atoms with Gasteiger partial charge in [0.1, 0.15) is 18.1 Å². The molecule has 2 aromatic rings. The zero-order valence-electron chi connectivity index (χ0n) is 11.3. The second-order valence-electron chi connectivity index (χ2n) is 5.23. The molecule has 2 aliphatic rings. The highest BCUT2D eigenvalue weighted by Crippen LogP contribution is 2.48. The highest BCUT2D eigenvalue weighted by molar-refractivity contribution is 5.75. The third-order valence-corrected chi connectivity index (χ3v) is 3.84. The molecule has 0 bridgehead atoms. The summed E-state index contributed by atoms with van der Waals surface area (Å²) in [5.74, 6) is 1.25. The van der Waals surface area contributed by atoms with Crippen LogP contribution in [0, 0.1) is 0 Å². The number of ether oxygens (including phenoxy) is 3. The molecule has 0 amide bonds. The number of hydrogen-bond donors (Lipinski definition) is 0. The van der Waals surface area contributed by atoms with Crippen molar-refractivity contribution in [1.29, 1.82) is 0 Å². The molecule has 2 aliphatic heterocycles. The maximum atomic E-state index is 11.4. The van der Waals surface area contributed by atoms with Crippen LogP contribution in [-0.2, 0) is 16.1 Å². The van der Waals surface area contributed by atoms with Crippen LogP contribution >= 0.6 is 0 Å². The second-order valence-corrected chi connectivity index (χ2v) is 5.23. The van der Waals surface area contributed by atoms with Crippen LogP contribution in [0.3, 0.4) is 0 Å². The first-order chi connectivity index (χ1) is 10.3. The van der Waals surface area contributed by atoms with Crippen molar-refractivity contribution in [1.82, 2.24) is 0 Å². The van der Waals surface area contributed by atoms with E-state index in [1.165, 1.54) is 0 Å². The Morgan fingerprint density at radius 2 is 1.90 bits per heavy atom. The number of esters is 1. The summed E-state index contributed by atoms with van der Waals surface area (Å²) in [6.07, 6.45) is -0.141. The largest absolute Gasteiger partial charge is 0.488 e. The Kier molecular flexibility index (Phi) is 2.81. The van der Waals surface area contributed by atoms with Gasteiger partial charge in [0.15, 0.2) is 0 Å². The molecule has 0 radical (unpaired) electrons. The molecular weight excluding hydrogens is 268 g/mol. The van der Waals surface area contributed by atoms with Crippen molar-refractivity contribution in [2.24, 2.45) is 0 Å². The number of fused-ring (bicyclic) bond motifs is 3. The van der Waals surface area contributed by atoms with Crippen LogP contribution in [-0.4, -0.2) is 12.3 Å². The van der Waals surface area contributed by atoms with Crippen molar-refractivity contribution in [3.8, 4) is 11.5 Å². The summed E-state index contributed by atoms with van der Waals surface area (Å²) in [4.78, 5) is 11.4. The van der Waals surface area contributed by atoms with Crippen LogP contribution in [0.5, 0.6) is 11.5 Å². The van der Waals surface area contributed by atoms with Crippen LogP contribution in [0.2, 0.25) is 0 Å². The molecule has 4 heteroatoms. The van der Waals surface area contributed by atoms with Crippen LogP contribution < -0.4 is 9.47 Å². The molecule has 0 aliphatic carbocycles. The van der Waals surface area contributed by atoms with E-state index in [0.717, 1.165) is 22.6 Å². The first-order valence-electron chi connectivity index (χ1n) is 6.97. The molecule has 0 unspecified atom stereocenters. The first-order valence-corrected chi connectivity index (χ1v) is 6.97. The van der Waals surface area contributed by atoms with Crippen LogP contribution in [0.15, 0.2) is 48.5 Å². The van der Waals surface area contributed by atoms with Gasteiger partial charge in [-0.15, -0.1) is 0 Å². The fourth-order valence-electron chi connectivity index (χ4n) is 2.86. The Hall–Kier alpha value is -2.49. The smallest absolute Gasteiger partial charge is 0.309 e. The monoisotopic (exact) mass is 282 g/mol. The lowest BCUT2D eigenvalue weighted by atomic mass is 9.97. The van der Waals surface area contributed by atoms with Gasteiger partial charge in [0.05, 0.1) is 12.3 Å². The summed E-state index contributed by atoms with van der Waals surface area (Å²) in [6, 6.07) is 15.7. The van der Waals surface area contributed by atoms with E-state index < -0.39 is 6.29 Å². The Balaban J connectivity index is 1.60. The van der Waals surface area contributed by atoms with Gasteiger partial charge < -0.3 is 14.2 Å². The molecule has 0 N–H and O–H groups in total. The van der Waals surface area contributed by atoms with Gasteiger partial charge in [-0.25, -0.2) is 0 Å². The molecular formula is C17H14O4. The predicted octanol–water partition coefficient (Wildman–Crippen LogP) is 3.01. The quantitative estimate of drug-likeness (QED) is 0.812. The number of carbonyl (C=O) groups is 1. The Morgan fingerprint density at radius 3 is 2.76 bits per heavy atom. The standard InChI is InChI=1S/C17H14O4/c18-15-9-12-16-13(19-10-11-5-2-1-3-6-11)7-4-8-14(16)20-17(12)21-15/h1-8,12,17H,9-10H2/t12-,17-/m0/s1. The predicted molar refractivity (Wildman–Crippen MR) is 75.1 cm³/mol. The van der Waals surface area contributed by atoms with Crippen molar-refractivity contribution in [3.05, 3.63) is 59.7 Å². The van der Waals surface area contributed by atoms with Gasteiger partial charge in [-0.3, -0.25) is 4.79 Å². The highest BCUT2D eigenvalue weighted by atomic mass is 16.7. The lowest BCUT2D eigenvalue weighted by Gasteiger charge is -2.11. The number of rotatable bonds is 3.